The minimum atomic E-state index is -5.15. The lowest BCUT2D eigenvalue weighted by Crippen LogP contribution is -2.64. The molecule has 0 bridgehead atoms. The van der Waals surface area contributed by atoms with Crippen LogP contribution in [0.5, 0.6) is 0 Å². The van der Waals surface area contributed by atoms with Crippen LogP contribution in [0.15, 0.2) is 36.5 Å². The maximum Gasteiger partial charge on any atom is 0.472 e. The maximum atomic E-state index is 13.0. The van der Waals surface area contributed by atoms with Crippen LogP contribution in [0.2, 0.25) is 0 Å². The van der Waals surface area contributed by atoms with E-state index in [9.17, 15) is 50.0 Å². The number of nitrogens with one attached hydrogen (secondary N) is 1. The molecule has 8 atom stereocenters. The molecule has 1 amide bonds. The molecular weight excluding hydrogens is 850 g/mol. The van der Waals surface area contributed by atoms with Gasteiger partial charge < -0.3 is 46.0 Å². The lowest BCUT2D eigenvalue weighted by Gasteiger charge is -2.41. The van der Waals surface area contributed by atoms with Crippen LogP contribution in [0, 0.1) is 0 Å². The number of phosphoric acid groups is 1. The molecule has 1 saturated carbocycles. The number of hydrogen-bond acceptors (Lipinski definition) is 11. The third-order valence-electron chi connectivity index (χ3n) is 12.5. The number of phosphoric ester groups is 1. The van der Waals surface area contributed by atoms with E-state index in [2.05, 4.69) is 43.5 Å². The molecule has 13 nitrogen and oxygen atoms in total. The third kappa shape index (κ3) is 32.1. The van der Waals surface area contributed by atoms with Crippen LogP contribution < -0.4 is 5.32 Å². The largest absolute Gasteiger partial charge is 0.472 e. The lowest BCUT2D eigenvalue weighted by molar-refractivity contribution is -0.220. The van der Waals surface area contributed by atoms with Gasteiger partial charge in [-0.15, -0.1) is 0 Å². The van der Waals surface area contributed by atoms with Gasteiger partial charge in [0, 0.05) is 0 Å². The summed E-state index contributed by atoms with van der Waals surface area (Å²) < 4.78 is 22.9. The molecule has 0 heterocycles. The van der Waals surface area contributed by atoms with Gasteiger partial charge in [0.25, 0.3) is 0 Å². The maximum absolute atomic E-state index is 13.0. The van der Waals surface area contributed by atoms with Crippen molar-refractivity contribution >= 4 is 13.7 Å². The highest BCUT2D eigenvalue weighted by atomic mass is 31.2. The zero-order chi connectivity index (χ0) is 48.0. The van der Waals surface area contributed by atoms with E-state index in [4.69, 9.17) is 9.05 Å². The minimum absolute atomic E-state index is 0.249. The fourth-order valence-corrected chi connectivity index (χ4v) is 9.20. The van der Waals surface area contributed by atoms with Crippen molar-refractivity contribution in [2.75, 3.05) is 6.61 Å². The highest BCUT2D eigenvalue weighted by Gasteiger charge is 2.51. The van der Waals surface area contributed by atoms with Gasteiger partial charge in [-0.1, -0.05) is 204 Å². The standard InChI is InChI=1S/C51H96NO12P/c1-3-5-7-9-11-13-15-17-19-21-23-25-27-29-31-33-35-37-39-44(54)43(41-63-65(61,62)64-51-49(59)47(57)46(56)48(58)50(51)60)52-45(55)40-42(53)38-36-34-32-30-28-26-24-22-20-18-16-14-12-10-8-6-4-2/h12,14,16,18,37,39,42-44,46-51,53-54,56-60H,3-11,13,15,17,19-36,38,40-41H2,1-2H3,(H,52,55)(H,61,62)/b14-12-,18-16-,39-37+. The Morgan fingerprint density at radius 1 is 0.554 bits per heavy atom. The minimum Gasteiger partial charge on any atom is -0.393 e. The molecule has 1 aliphatic carbocycles. The van der Waals surface area contributed by atoms with Gasteiger partial charge in [-0.25, -0.2) is 4.57 Å². The fraction of sp³-hybridized carbons (Fsp3) is 0.863. The second-order valence-corrected chi connectivity index (χ2v) is 20.0. The second-order valence-electron chi connectivity index (χ2n) is 18.6. The first-order chi connectivity index (χ1) is 31.3. The number of aliphatic hydroxyl groups excluding tert-OH is 7. The van der Waals surface area contributed by atoms with Gasteiger partial charge >= 0.3 is 7.82 Å². The van der Waals surface area contributed by atoms with Crippen molar-refractivity contribution in [3.05, 3.63) is 36.5 Å². The Morgan fingerprint density at radius 2 is 0.923 bits per heavy atom. The Hall–Kier alpha value is -1.48. The van der Waals surface area contributed by atoms with E-state index in [0.29, 0.717) is 12.8 Å². The summed E-state index contributed by atoms with van der Waals surface area (Å²) in [4.78, 5) is 23.5. The van der Waals surface area contributed by atoms with Gasteiger partial charge in [-0.3, -0.25) is 13.8 Å². The highest BCUT2D eigenvalue weighted by Crippen LogP contribution is 2.47. The van der Waals surface area contributed by atoms with Crippen LogP contribution in [0.4, 0.5) is 0 Å². The molecule has 382 valence electrons. The van der Waals surface area contributed by atoms with Crippen molar-refractivity contribution in [3.8, 4) is 0 Å². The van der Waals surface area contributed by atoms with E-state index in [-0.39, 0.29) is 6.42 Å². The SMILES string of the molecule is CCCCC/C=C\C=C/CCCCCCCCCCC(O)CC(=O)NC(COP(=O)(O)OC1C(O)C(O)C(O)C(O)C1O)C(O)/C=C/CCCCCCCCCCCCCCCCCC. The molecule has 0 aromatic heterocycles. The van der Waals surface area contributed by atoms with Gasteiger partial charge in [0.1, 0.15) is 36.6 Å². The molecule has 1 aliphatic rings. The highest BCUT2D eigenvalue weighted by molar-refractivity contribution is 7.47. The normalized spacial score (nSPS) is 22.8. The first kappa shape index (κ1) is 61.5. The average Bonchev–Trinajstić information content (AvgIpc) is 3.28. The zero-order valence-electron chi connectivity index (χ0n) is 40.7. The van der Waals surface area contributed by atoms with Crippen molar-refractivity contribution in [3.63, 3.8) is 0 Å². The Morgan fingerprint density at radius 3 is 1.38 bits per heavy atom. The molecule has 0 aliphatic heterocycles. The fourth-order valence-electron chi connectivity index (χ4n) is 8.23. The number of amides is 1. The van der Waals surface area contributed by atoms with Crippen molar-refractivity contribution in [2.24, 2.45) is 0 Å². The molecule has 65 heavy (non-hydrogen) atoms. The van der Waals surface area contributed by atoms with Crippen LogP contribution in [0.3, 0.4) is 0 Å². The van der Waals surface area contributed by atoms with Gasteiger partial charge in [0.05, 0.1) is 31.3 Å². The molecule has 0 aromatic carbocycles. The van der Waals surface area contributed by atoms with Crippen LogP contribution >= 0.6 is 7.82 Å². The molecule has 0 saturated heterocycles. The van der Waals surface area contributed by atoms with Gasteiger partial charge in [0.2, 0.25) is 5.91 Å². The van der Waals surface area contributed by atoms with Crippen LogP contribution in [-0.2, 0) is 18.4 Å². The summed E-state index contributed by atoms with van der Waals surface area (Å²) >= 11 is 0. The molecular formula is C51H96NO12P. The monoisotopic (exact) mass is 946 g/mol. The first-order valence-corrected chi connectivity index (χ1v) is 27.5. The quantitative estimate of drug-likeness (QED) is 0.0121. The number of aliphatic hydroxyl groups is 7. The summed E-state index contributed by atoms with van der Waals surface area (Å²) in [5.74, 6) is -0.596. The van der Waals surface area contributed by atoms with E-state index in [1.54, 1.807) is 6.08 Å². The topological polar surface area (TPSA) is 226 Å². The molecule has 0 aromatic rings. The molecule has 1 rings (SSSR count). The van der Waals surface area contributed by atoms with Gasteiger partial charge in [-0.2, -0.15) is 0 Å². The molecule has 1 fully saturated rings. The van der Waals surface area contributed by atoms with E-state index < -0.39 is 75.2 Å². The second kappa shape index (κ2) is 40.4. The Kier molecular flexibility index (Phi) is 38.3. The molecule has 8 unspecified atom stereocenters. The van der Waals surface area contributed by atoms with Gasteiger partial charge in [-0.05, 0) is 44.9 Å². The molecule has 14 heteroatoms. The number of carbonyl (C=O) groups excluding carboxylic acids is 1. The molecule has 9 N–H and O–H groups in total. The number of unbranched alkanes of at least 4 members (excludes halogenated alkanes) is 27. The summed E-state index contributed by atoms with van der Waals surface area (Å²) in [5.41, 5.74) is 0. The van der Waals surface area contributed by atoms with Crippen molar-refractivity contribution in [1.82, 2.24) is 5.32 Å². The van der Waals surface area contributed by atoms with E-state index in [1.165, 1.54) is 134 Å². The predicted octanol–water partition coefficient (Wildman–Crippen LogP) is 9.70. The van der Waals surface area contributed by atoms with Crippen molar-refractivity contribution < 1.29 is 59.0 Å². The number of carbonyl (C=O) groups is 1. The number of rotatable bonds is 43. The van der Waals surface area contributed by atoms with E-state index in [1.807, 2.05) is 0 Å². The van der Waals surface area contributed by atoms with E-state index in [0.717, 1.165) is 57.8 Å². The predicted molar refractivity (Wildman–Crippen MR) is 261 cm³/mol. The van der Waals surface area contributed by atoms with Crippen molar-refractivity contribution in [2.45, 2.75) is 274 Å². The summed E-state index contributed by atoms with van der Waals surface area (Å²) in [7, 11) is -5.15. The summed E-state index contributed by atoms with van der Waals surface area (Å²) in [6.07, 6.45) is 33.6. The molecule has 0 spiro atoms. The molecule has 0 radical (unpaired) electrons. The van der Waals surface area contributed by atoms with E-state index >= 15 is 0 Å². The Labute approximate surface area is 394 Å². The van der Waals surface area contributed by atoms with Crippen LogP contribution in [-0.4, -0.2) is 108 Å². The summed E-state index contributed by atoms with van der Waals surface area (Å²) in [5, 5.41) is 74.7. The number of hydrogen-bond donors (Lipinski definition) is 9. The van der Waals surface area contributed by atoms with Gasteiger partial charge in [0.15, 0.2) is 0 Å². The zero-order valence-corrected chi connectivity index (χ0v) is 41.5. The Balaban J connectivity index is 2.49. The summed E-state index contributed by atoms with van der Waals surface area (Å²) in [6, 6.07) is -1.24. The number of allylic oxidation sites excluding steroid dienone is 5. The lowest BCUT2D eigenvalue weighted by atomic mass is 9.85. The van der Waals surface area contributed by atoms with Crippen LogP contribution in [0.1, 0.15) is 219 Å². The first-order valence-electron chi connectivity index (χ1n) is 26.0. The van der Waals surface area contributed by atoms with Crippen molar-refractivity contribution in [1.29, 1.82) is 0 Å². The Bertz CT molecular complexity index is 1250. The van der Waals surface area contributed by atoms with Crippen LogP contribution in [0.25, 0.3) is 0 Å². The average molecular weight is 946 g/mol. The summed E-state index contributed by atoms with van der Waals surface area (Å²) in [6.45, 7) is 3.73. The third-order valence-corrected chi connectivity index (χ3v) is 13.5. The smallest absolute Gasteiger partial charge is 0.393 e.